The summed E-state index contributed by atoms with van der Waals surface area (Å²) in [6, 6.07) is 4.84. The van der Waals surface area contributed by atoms with E-state index in [1.165, 1.54) is 12.0 Å². The Hall–Kier alpha value is -2.37. The van der Waals surface area contributed by atoms with Crippen LogP contribution in [0.15, 0.2) is 18.2 Å². The molecule has 1 aliphatic heterocycles. The van der Waals surface area contributed by atoms with Gasteiger partial charge in [-0.05, 0) is 30.0 Å². The first kappa shape index (κ1) is 16.0. The third-order valence-corrected chi connectivity index (χ3v) is 3.81. The lowest BCUT2D eigenvalue weighted by Crippen LogP contribution is -2.52. The highest BCUT2D eigenvalue weighted by atomic mass is 16.5. The summed E-state index contributed by atoms with van der Waals surface area (Å²) >= 11 is 0. The standard InChI is InChI=1S/C16H20N2O4/c1-10(2)11-4-5-12(14(8-11)22-3)18(9-19)13-6-7-15(20)17-16(13)21/h4-5,8-10,13H,6-7H2,1-3H3,(H,17,20,21)/t13-/m0/s1. The predicted octanol–water partition coefficient (Wildman–Crippen LogP) is 1.59. The number of nitrogens with zero attached hydrogens (tertiary/aromatic N) is 1. The van der Waals surface area contributed by atoms with Crippen LogP contribution in [-0.2, 0) is 14.4 Å². The highest BCUT2D eigenvalue weighted by molar-refractivity contribution is 6.04. The molecule has 1 N–H and O–H groups in total. The third-order valence-electron chi connectivity index (χ3n) is 3.81. The third kappa shape index (κ3) is 3.10. The summed E-state index contributed by atoms with van der Waals surface area (Å²) in [7, 11) is 1.52. The average molecular weight is 304 g/mol. The maximum Gasteiger partial charge on any atom is 0.249 e. The lowest BCUT2D eigenvalue weighted by Gasteiger charge is -2.31. The van der Waals surface area contributed by atoms with Gasteiger partial charge in [-0.3, -0.25) is 24.6 Å². The van der Waals surface area contributed by atoms with Gasteiger partial charge in [-0.25, -0.2) is 0 Å². The Balaban J connectivity index is 2.36. The molecule has 0 radical (unpaired) electrons. The number of hydrogen-bond donors (Lipinski definition) is 1. The molecule has 6 nitrogen and oxygen atoms in total. The minimum Gasteiger partial charge on any atom is -0.495 e. The van der Waals surface area contributed by atoms with Crippen LogP contribution in [0, 0.1) is 0 Å². The number of carbonyl (C=O) groups is 3. The van der Waals surface area contributed by atoms with Crippen molar-refractivity contribution in [2.75, 3.05) is 12.0 Å². The van der Waals surface area contributed by atoms with E-state index in [0.717, 1.165) is 5.56 Å². The monoisotopic (exact) mass is 304 g/mol. The number of methoxy groups -OCH3 is 1. The molecule has 0 aliphatic carbocycles. The van der Waals surface area contributed by atoms with E-state index in [1.807, 2.05) is 12.1 Å². The second kappa shape index (κ2) is 6.60. The Morgan fingerprint density at radius 1 is 1.36 bits per heavy atom. The van der Waals surface area contributed by atoms with Crippen molar-refractivity contribution in [3.63, 3.8) is 0 Å². The Kier molecular flexibility index (Phi) is 4.80. The fourth-order valence-corrected chi connectivity index (χ4v) is 2.51. The van der Waals surface area contributed by atoms with Gasteiger partial charge in [0.15, 0.2) is 0 Å². The fourth-order valence-electron chi connectivity index (χ4n) is 2.51. The number of benzene rings is 1. The van der Waals surface area contributed by atoms with Crippen LogP contribution < -0.4 is 15.0 Å². The first-order valence-electron chi connectivity index (χ1n) is 7.23. The molecule has 118 valence electrons. The molecule has 1 aliphatic rings. The number of ether oxygens (including phenoxy) is 1. The summed E-state index contributed by atoms with van der Waals surface area (Å²) in [5.74, 6) is 0.0822. The minimum absolute atomic E-state index is 0.215. The highest BCUT2D eigenvalue weighted by Gasteiger charge is 2.33. The first-order chi connectivity index (χ1) is 10.5. The van der Waals surface area contributed by atoms with Gasteiger partial charge in [0.2, 0.25) is 18.2 Å². The number of nitrogens with one attached hydrogen (secondary N) is 1. The Morgan fingerprint density at radius 3 is 2.64 bits per heavy atom. The van der Waals surface area contributed by atoms with Crippen LogP contribution in [0.4, 0.5) is 5.69 Å². The lowest BCUT2D eigenvalue weighted by molar-refractivity contribution is -0.134. The van der Waals surface area contributed by atoms with Crippen molar-refractivity contribution in [3.05, 3.63) is 23.8 Å². The van der Waals surface area contributed by atoms with Crippen LogP contribution in [0.25, 0.3) is 0 Å². The zero-order valence-electron chi connectivity index (χ0n) is 13.0. The van der Waals surface area contributed by atoms with E-state index in [-0.39, 0.29) is 12.3 Å². The summed E-state index contributed by atoms with van der Waals surface area (Å²) in [6.45, 7) is 4.12. The molecule has 0 aromatic heterocycles. The normalized spacial score (nSPS) is 18.1. The number of carbonyl (C=O) groups excluding carboxylic acids is 3. The van der Waals surface area contributed by atoms with E-state index >= 15 is 0 Å². The first-order valence-corrected chi connectivity index (χ1v) is 7.23. The second-order valence-corrected chi connectivity index (χ2v) is 5.57. The molecule has 0 unspecified atom stereocenters. The number of piperidine rings is 1. The van der Waals surface area contributed by atoms with Crippen LogP contribution >= 0.6 is 0 Å². The molecule has 3 amide bonds. The Labute approximate surface area is 129 Å². The van der Waals surface area contributed by atoms with Gasteiger partial charge < -0.3 is 4.74 Å². The van der Waals surface area contributed by atoms with Gasteiger partial charge in [-0.2, -0.15) is 0 Å². The molecule has 1 atom stereocenters. The van der Waals surface area contributed by atoms with E-state index in [0.29, 0.717) is 30.2 Å². The molecule has 22 heavy (non-hydrogen) atoms. The predicted molar refractivity (Wildman–Crippen MR) is 81.8 cm³/mol. The van der Waals surface area contributed by atoms with Gasteiger partial charge in [-0.15, -0.1) is 0 Å². The zero-order chi connectivity index (χ0) is 16.3. The van der Waals surface area contributed by atoms with Crippen molar-refractivity contribution in [3.8, 4) is 5.75 Å². The summed E-state index contributed by atoms with van der Waals surface area (Å²) in [4.78, 5) is 36.1. The summed E-state index contributed by atoms with van der Waals surface area (Å²) < 4.78 is 5.37. The maximum atomic E-state index is 12.0. The molecule has 1 aromatic carbocycles. The molecular formula is C16H20N2O4. The number of hydrogen-bond acceptors (Lipinski definition) is 4. The highest BCUT2D eigenvalue weighted by Crippen LogP contribution is 2.33. The molecule has 6 heteroatoms. The van der Waals surface area contributed by atoms with Crippen LogP contribution in [0.3, 0.4) is 0 Å². The van der Waals surface area contributed by atoms with E-state index in [1.54, 1.807) is 6.07 Å². The van der Waals surface area contributed by atoms with Gasteiger partial charge in [0.1, 0.15) is 11.8 Å². The molecule has 0 saturated carbocycles. The maximum absolute atomic E-state index is 12.0. The quantitative estimate of drug-likeness (QED) is 0.662. The largest absolute Gasteiger partial charge is 0.495 e. The van der Waals surface area contributed by atoms with Crippen molar-refractivity contribution in [2.24, 2.45) is 0 Å². The van der Waals surface area contributed by atoms with Gasteiger partial charge >= 0.3 is 0 Å². The lowest BCUT2D eigenvalue weighted by atomic mass is 10.0. The van der Waals surface area contributed by atoms with Crippen molar-refractivity contribution in [2.45, 2.75) is 38.6 Å². The molecule has 1 heterocycles. The molecule has 0 spiro atoms. The van der Waals surface area contributed by atoms with Crippen molar-refractivity contribution in [1.82, 2.24) is 5.32 Å². The number of imide groups is 1. The van der Waals surface area contributed by atoms with E-state index in [4.69, 9.17) is 4.74 Å². The molecule has 1 fully saturated rings. The Bertz CT molecular complexity index is 598. The zero-order valence-corrected chi connectivity index (χ0v) is 13.0. The van der Waals surface area contributed by atoms with Crippen molar-refractivity contribution < 1.29 is 19.1 Å². The second-order valence-electron chi connectivity index (χ2n) is 5.57. The van der Waals surface area contributed by atoms with Gasteiger partial charge in [0.25, 0.3) is 0 Å². The van der Waals surface area contributed by atoms with Gasteiger partial charge in [0, 0.05) is 6.42 Å². The van der Waals surface area contributed by atoms with Gasteiger partial charge in [-0.1, -0.05) is 19.9 Å². The average Bonchev–Trinajstić information content (AvgIpc) is 2.50. The minimum atomic E-state index is -0.700. The molecule has 1 aromatic rings. The van der Waals surface area contributed by atoms with E-state index in [2.05, 4.69) is 19.2 Å². The van der Waals surface area contributed by atoms with E-state index in [9.17, 15) is 14.4 Å². The topological polar surface area (TPSA) is 75.7 Å². The number of anilines is 1. The molecule has 0 bridgehead atoms. The van der Waals surface area contributed by atoms with Crippen LogP contribution in [0.5, 0.6) is 5.75 Å². The van der Waals surface area contributed by atoms with Crippen LogP contribution in [0.1, 0.15) is 38.2 Å². The SMILES string of the molecule is COc1cc(C(C)C)ccc1N(C=O)[C@H]1CCC(=O)NC1=O. The summed E-state index contributed by atoms with van der Waals surface area (Å²) in [5.41, 5.74) is 1.60. The van der Waals surface area contributed by atoms with Gasteiger partial charge in [0.05, 0.1) is 12.8 Å². The molecule has 2 rings (SSSR count). The number of rotatable bonds is 5. The molecule has 1 saturated heterocycles. The van der Waals surface area contributed by atoms with Crippen LogP contribution in [0.2, 0.25) is 0 Å². The summed E-state index contributed by atoms with van der Waals surface area (Å²) in [6.07, 6.45) is 1.12. The number of amides is 3. The fraction of sp³-hybridized carbons (Fsp3) is 0.438. The Morgan fingerprint density at radius 2 is 2.09 bits per heavy atom. The smallest absolute Gasteiger partial charge is 0.249 e. The molecular weight excluding hydrogens is 284 g/mol. The van der Waals surface area contributed by atoms with Crippen LogP contribution in [-0.4, -0.2) is 31.4 Å². The van der Waals surface area contributed by atoms with E-state index < -0.39 is 11.9 Å². The van der Waals surface area contributed by atoms with Crippen molar-refractivity contribution in [1.29, 1.82) is 0 Å². The summed E-state index contributed by atoms with van der Waals surface area (Å²) in [5, 5.41) is 2.26. The van der Waals surface area contributed by atoms with Crippen molar-refractivity contribution >= 4 is 23.9 Å².